The van der Waals surface area contributed by atoms with Crippen LogP contribution in [0.3, 0.4) is 0 Å². The SMILES string of the molecule is CC(C)CCN1CCN(C(=O)Cn2ccc(N)n2)CC1. The molecule has 0 saturated carbocycles. The molecule has 0 radical (unpaired) electrons. The third kappa shape index (κ3) is 4.23. The van der Waals surface area contributed by atoms with Crippen LogP contribution in [0.1, 0.15) is 20.3 Å². The van der Waals surface area contributed by atoms with Crippen LogP contribution in [0.4, 0.5) is 5.82 Å². The van der Waals surface area contributed by atoms with Crippen LogP contribution < -0.4 is 5.73 Å². The summed E-state index contributed by atoms with van der Waals surface area (Å²) in [6.07, 6.45) is 2.96. The first-order chi connectivity index (χ1) is 9.54. The molecule has 1 saturated heterocycles. The number of hydrogen-bond acceptors (Lipinski definition) is 4. The summed E-state index contributed by atoms with van der Waals surface area (Å²) in [7, 11) is 0. The molecule has 6 nitrogen and oxygen atoms in total. The van der Waals surface area contributed by atoms with Crippen molar-refractivity contribution >= 4 is 11.7 Å². The fourth-order valence-corrected chi connectivity index (χ4v) is 2.37. The molecule has 0 bridgehead atoms. The second-order valence-electron chi connectivity index (χ2n) is 5.84. The van der Waals surface area contributed by atoms with Gasteiger partial charge in [-0.2, -0.15) is 5.10 Å². The van der Waals surface area contributed by atoms with E-state index in [2.05, 4.69) is 23.8 Å². The highest BCUT2D eigenvalue weighted by Gasteiger charge is 2.21. The first-order valence-electron chi connectivity index (χ1n) is 7.33. The van der Waals surface area contributed by atoms with Gasteiger partial charge in [-0.15, -0.1) is 0 Å². The second kappa shape index (κ2) is 6.74. The fraction of sp³-hybridized carbons (Fsp3) is 0.714. The normalized spacial score (nSPS) is 16.9. The largest absolute Gasteiger partial charge is 0.382 e. The molecule has 1 aliphatic rings. The Morgan fingerprint density at radius 1 is 1.35 bits per heavy atom. The molecule has 0 spiro atoms. The highest BCUT2D eigenvalue weighted by Crippen LogP contribution is 2.07. The Labute approximate surface area is 120 Å². The molecule has 112 valence electrons. The van der Waals surface area contributed by atoms with Crippen LogP contribution >= 0.6 is 0 Å². The zero-order chi connectivity index (χ0) is 14.5. The molecule has 1 aliphatic heterocycles. The van der Waals surface area contributed by atoms with Crippen LogP contribution in [0.2, 0.25) is 0 Å². The number of aromatic nitrogens is 2. The molecule has 2 rings (SSSR count). The Balaban J connectivity index is 1.74. The quantitative estimate of drug-likeness (QED) is 0.859. The zero-order valence-electron chi connectivity index (χ0n) is 12.5. The van der Waals surface area contributed by atoms with E-state index in [1.165, 1.54) is 6.42 Å². The van der Waals surface area contributed by atoms with Crippen LogP contribution in [0, 0.1) is 5.92 Å². The van der Waals surface area contributed by atoms with Gasteiger partial charge in [0, 0.05) is 32.4 Å². The average Bonchev–Trinajstić information content (AvgIpc) is 2.82. The molecule has 0 aliphatic carbocycles. The predicted octanol–water partition coefficient (Wildman–Crippen LogP) is 0.656. The number of nitrogens with zero attached hydrogens (tertiary/aromatic N) is 4. The molecule has 1 aromatic heterocycles. The summed E-state index contributed by atoms with van der Waals surface area (Å²) in [6, 6.07) is 1.71. The van der Waals surface area contributed by atoms with Crippen molar-refractivity contribution in [2.45, 2.75) is 26.8 Å². The number of anilines is 1. The Kier molecular flexibility index (Phi) is 5.00. The monoisotopic (exact) mass is 279 g/mol. The van der Waals surface area contributed by atoms with Crippen LogP contribution in [-0.4, -0.2) is 58.2 Å². The molecule has 0 unspecified atom stereocenters. The van der Waals surface area contributed by atoms with E-state index in [4.69, 9.17) is 5.73 Å². The maximum Gasteiger partial charge on any atom is 0.244 e. The van der Waals surface area contributed by atoms with E-state index >= 15 is 0 Å². The van der Waals surface area contributed by atoms with E-state index in [0.717, 1.165) is 38.6 Å². The molecule has 1 aromatic rings. The van der Waals surface area contributed by atoms with Gasteiger partial charge < -0.3 is 10.6 Å². The second-order valence-corrected chi connectivity index (χ2v) is 5.84. The minimum atomic E-state index is 0.122. The first kappa shape index (κ1) is 14.8. The van der Waals surface area contributed by atoms with E-state index in [1.807, 2.05) is 4.90 Å². The van der Waals surface area contributed by atoms with Gasteiger partial charge >= 0.3 is 0 Å². The summed E-state index contributed by atoms with van der Waals surface area (Å²) < 4.78 is 1.60. The minimum absolute atomic E-state index is 0.122. The third-order valence-electron chi connectivity index (χ3n) is 3.71. The van der Waals surface area contributed by atoms with Crippen molar-refractivity contribution in [2.24, 2.45) is 5.92 Å². The molecule has 0 atom stereocenters. The number of carbonyl (C=O) groups is 1. The van der Waals surface area contributed by atoms with Crippen molar-refractivity contribution in [2.75, 3.05) is 38.5 Å². The molecule has 2 N–H and O–H groups in total. The summed E-state index contributed by atoms with van der Waals surface area (Å²) in [5.74, 6) is 1.31. The highest BCUT2D eigenvalue weighted by molar-refractivity contribution is 5.76. The maximum atomic E-state index is 12.2. The number of amides is 1. The number of carbonyl (C=O) groups excluding carboxylic acids is 1. The van der Waals surface area contributed by atoms with Crippen molar-refractivity contribution in [3.63, 3.8) is 0 Å². The highest BCUT2D eigenvalue weighted by atomic mass is 16.2. The summed E-state index contributed by atoms with van der Waals surface area (Å²) in [5, 5.41) is 4.05. The van der Waals surface area contributed by atoms with Crippen LogP contribution in [0.5, 0.6) is 0 Å². The van der Waals surface area contributed by atoms with Crippen molar-refractivity contribution in [3.05, 3.63) is 12.3 Å². The van der Waals surface area contributed by atoms with Crippen molar-refractivity contribution in [1.29, 1.82) is 0 Å². The predicted molar refractivity (Wildman–Crippen MR) is 79.1 cm³/mol. The van der Waals surface area contributed by atoms with Gasteiger partial charge in [0.15, 0.2) is 0 Å². The lowest BCUT2D eigenvalue weighted by Crippen LogP contribution is -2.49. The van der Waals surface area contributed by atoms with Crippen LogP contribution in [-0.2, 0) is 11.3 Å². The van der Waals surface area contributed by atoms with Crippen molar-refractivity contribution in [1.82, 2.24) is 19.6 Å². The van der Waals surface area contributed by atoms with Gasteiger partial charge in [-0.3, -0.25) is 14.4 Å². The number of hydrogen-bond donors (Lipinski definition) is 1. The van der Waals surface area contributed by atoms with E-state index in [-0.39, 0.29) is 12.5 Å². The average molecular weight is 279 g/mol. The summed E-state index contributed by atoms with van der Waals surface area (Å²) in [6.45, 7) is 9.48. The standard InChI is InChI=1S/C14H25N5O/c1-12(2)3-5-17-7-9-18(10-8-17)14(20)11-19-6-4-13(15)16-19/h4,6,12H,3,5,7-11H2,1-2H3,(H2,15,16). The number of rotatable bonds is 5. The molecular formula is C14H25N5O. The molecule has 6 heteroatoms. The first-order valence-corrected chi connectivity index (χ1v) is 7.33. The Morgan fingerprint density at radius 3 is 2.60 bits per heavy atom. The van der Waals surface area contributed by atoms with Gasteiger partial charge in [0.1, 0.15) is 12.4 Å². The molecule has 20 heavy (non-hydrogen) atoms. The van der Waals surface area contributed by atoms with E-state index < -0.39 is 0 Å². The van der Waals surface area contributed by atoms with E-state index in [1.54, 1.807) is 16.9 Å². The van der Waals surface area contributed by atoms with Crippen LogP contribution in [0.15, 0.2) is 12.3 Å². The summed E-state index contributed by atoms with van der Waals surface area (Å²) in [5.41, 5.74) is 5.55. The Morgan fingerprint density at radius 2 is 2.05 bits per heavy atom. The topological polar surface area (TPSA) is 67.4 Å². The van der Waals surface area contributed by atoms with Gasteiger partial charge in [-0.25, -0.2) is 0 Å². The number of nitrogens with two attached hydrogens (primary N) is 1. The molecule has 2 heterocycles. The lowest BCUT2D eigenvalue weighted by atomic mass is 10.1. The zero-order valence-corrected chi connectivity index (χ0v) is 12.5. The fourth-order valence-electron chi connectivity index (χ4n) is 2.37. The summed E-state index contributed by atoms with van der Waals surface area (Å²) >= 11 is 0. The molecule has 1 fully saturated rings. The number of piperazine rings is 1. The van der Waals surface area contributed by atoms with Crippen molar-refractivity contribution in [3.8, 4) is 0 Å². The molecule has 0 aromatic carbocycles. The molecular weight excluding hydrogens is 254 g/mol. The lowest BCUT2D eigenvalue weighted by molar-refractivity contribution is -0.133. The maximum absolute atomic E-state index is 12.2. The van der Waals surface area contributed by atoms with Gasteiger partial charge in [-0.05, 0) is 24.9 Å². The van der Waals surface area contributed by atoms with Gasteiger partial charge in [0.2, 0.25) is 5.91 Å². The van der Waals surface area contributed by atoms with Crippen LogP contribution in [0.25, 0.3) is 0 Å². The minimum Gasteiger partial charge on any atom is -0.382 e. The van der Waals surface area contributed by atoms with Gasteiger partial charge in [0.05, 0.1) is 0 Å². The molecule has 1 amide bonds. The smallest absolute Gasteiger partial charge is 0.244 e. The van der Waals surface area contributed by atoms with E-state index in [0.29, 0.717) is 5.82 Å². The lowest BCUT2D eigenvalue weighted by Gasteiger charge is -2.35. The van der Waals surface area contributed by atoms with E-state index in [9.17, 15) is 4.79 Å². The van der Waals surface area contributed by atoms with Crippen molar-refractivity contribution < 1.29 is 4.79 Å². The van der Waals surface area contributed by atoms with Gasteiger partial charge in [-0.1, -0.05) is 13.8 Å². The third-order valence-corrected chi connectivity index (χ3v) is 3.71. The number of nitrogen functional groups attached to an aromatic ring is 1. The Bertz CT molecular complexity index is 435. The van der Waals surface area contributed by atoms with Gasteiger partial charge in [0.25, 0.3) is 0 Å². The summed E-state index contributed by atoms with van der Waals surface area (Å²) in [4.78, 5) is 16.5. The Hall–Kier alpha value is -1.56.